The average Bonchev–Trinajstić information content (AvgIpc) is 2.15. The van der Waals surface area contributed by atoms with Crippen LogP contribution in [0.5, 0.6) is 0 Å². The molecule has 3 heteroatoms. The molecule has 0 amide bonds. The zero-order valence-corrected chi connectivity index (χ0v) is 10.8. The third-order valence-electron chi connectivity index (χ3n) is 3.30. The molecular weight excluding hydrogens is 252 g/mol. The highest BCUT2D eigenvalue weighted by Crippen LogP contribution is 2.23. The van der Waals surface area contributed by atoms with Crippen molar-refractivity contribution in [3.05, 3.63) is 34.3 Å². The summed E-state index contributed by atoms with van der Waals surface area (Å²) in [5.74, 6) is 0. The lowest BCUT2D eigenvalue weighted by Crippen LogP contribution is -2.56. The van der Waals surface area contributed by atoms with E-state index in [9.17, 15) is 0 Å². The Morgan fingerprint density at radius 1 is 1.33 bits per heavy atom. The molecule has 0 spiro atoms. The summed E-state index contributed by atoms with van der Waals surface area (Å²) >= 11 is 3.46. The van der Waals surface area contributed by atoms with Crippen molar-refractivity contribution in [3.8, 4) is 0 Å². The Bertz CT molecular complexity index is 319. The molecular formula is C12H17BrN2. The molecule has 0 aliphatic carbocycles. The van der Waals surface area contributed by atoms with Crippen molar-refractivity contribution in [1.82, 2.24) is 10.2 Å². The van der Waals surface area contributed by atoms with Gasteiger partial charge in [-0.15, -0.1) is 0 Å². The molecule has 0 radical (unpaired) electrons. The van der Waals surface area contributed by atoms with Gasteiger partial charge in [-0.25, -0.2) is 0 Å². The van der Waals surface area contributed by atoms with Crippen molar-refractivity contribution in [1.29, 1.82) is 0 Å². The molecule has 82 valence electrons. The van der Waals surface area contributed by atoms with E-state index in [0.717, 1.165) is 17.6 Å². The van der Waals surface area contributed by atoms with Gasteiger partial charge in [-0.3, -0.25) is 4.90 Å². The number of halogens is 1. The molecule has 1 aromatic carbocycles. The van der Waals surface area contributed by atoms with Crippen molar-refractivity contribution in [2.45, 2.75) is 19.0 Å². The highest BCUT2D eigenvalue weighted by molar-refractivity contribution is 9.10. The van der Waals surface area contributed by atoms with Crippen molar-refractivity contribution in [3.63, 3.8) is 0 Å². The van der Waals surface area contributed by atoms with Crippen LogP contribution in [0, 0.1) is 0 Å². The van der Waals surface area contributed by atoms with Gasteiger partial charge in [0.2, 0.25) is 0 Å². The summed E-state index contributed by atoms with van der Waals surface area (Å²) in [5.41, 5.74) is 1.38. The van der Waals surface area contributed by atoms with Gasteiger partial charge in [0.05, 0.1) is 0 Å². The number of likely N-dealkylation sites (N-methyl/N-ethyl adjacent to an activating group) is 1. The lowest BCUT2D eigenvalue weighted by Gasteiger charge is -2.39. The molecule has 1 saturated heterocycles. The van der Waals surface area contributed by atoms with E-state index in [1.54, 1.807) is 0 Å². The third-order valence-corrected chi connectivity index (χ3v) is 3.83. The van der Waals surface area contributed by atoms with Gasteiger partial charge >= 0.3 is 0 Å². The monoisotopic (exact) mass is 268 g/mol. The second kappa shape index (κ2) is 4.64. The molecule has 1 aliphatic rings. The van der Waals surface area contributed by atoms with E-state index in [-0.39, 0.29) is 0 Å². The highest BCUT2D eigenvalue weighted by atomic mass is 79.9. The maximum Gasteiger partial charge on any atom is 0.0348 e. The normalized spacial score (nSPS) is 18.9. The maximum absolute atomic E-state index is 3.46. The summed E-state index contributed by atoms with van der Waals surface area (Å²) in [6.07, 6.45) is 0. The number of rotatable bonds is 3. The number of nitrogens with one attached hydrogen (secondary N) is 1. The highest BCUT2D eigenvalue weighted by Gasteiger charge is 2.25. The largest absolute Gasteiger partial charge is 0.314 e. The van der Waals surface area contributed by atoms with Gasteiger partial charge in [0.25, 0.3) is 0 Å². The molecule has 1 heterocycles. The molecule has 15 heavy (non-hydrogen) atoms. The molecule has 2 nitrogen and oxygen atoms in total. The molecule has 2 rings (SSSR count). The Hall–Kier alpha value is -0.380. The zero-order chi connectivity index (χ0) is 10.8. The molecule has 1 aromatic rings. The third kappa shape index (κ3) is 2.41. The van der Waals surface area contributed by atoms with E-state index in [0.29, 0.717) is 12.1 Å². The smallest absolute Gasteiger partial charge is 0.0348 e. The zero-order valence-electron chi connectivity index (χ0n) is 9.20. The van der Waals surface area contributed by atoms with Crippen LogP contribution >= 0.6 is 15.9 Å². The van der Waals surface area contributed by atoms with Gasteiger partial charge in [0, 0.05) is 29.6 Å². The van der Waals surface area contributed by atoms with Gasteiger partial charge in [0.15, 0.2) is 0 Å². The van der Waals surface area contributed by atoms with Crippen molar-refractivity contribution in [2.75, 3.05) is 20.1 Å². The van der Waals surface area contributed by atoms with Crippen molar-refractivity contribution < 1.29 is 0 Å². The Morgan fingerprint density at radius 2 is 1.93 bits per heavy atom. The van der Waals surface area contributed by atoms with E-state index in [4.69, 9.17) is 0 Å². The Labute approximate surface area is 99.8 Å². The van der Waals surface area contributed by atoms with Gasteiger partial charge in [0.1, 0.15) is 0 Å². The number of benzene rings is 1. The second-order valence-electron chi connectivity index (χ2n) is 4.21. The summed E-state index contributed by atoms with van der Waals surface area (Å²) < 4.78 is 1.14. The van der Waals surface area contributed by atoms with Crippen LogP contribution in [0.4, 0.5) is 0 Å². The van der Waals surface area contributed by atoms with Crippen LogP contribution in [0.15, 0.2) is 28.7 Å². The molecule has 1 fully saturated rings. The van der Waals surface area contributed by atoms with Crippen LogP contribution in [0.25, 0.3) is 0 Å². The lowest BCUT2D eigenvalue weighted by atomic mass is 10.0. The van der Waals surface area contributed by atoms with Gasteiger partial charge in [-0.1, -0.05) is 28.1 Å². The predicted molar refractivity (Wildman–Crippen MR) is 67.0 cm³/mol. The van der Waals surface area contributed by atoms with Crippen molar-refractivity contribution >= 4 is 15.9 Å². The average molecular weight is 269 g/mol. The molecule has 0 bridgehead atoms. The standard InChI is InChI=1S/C12H17BrN2/c1-9(15(2)12-7-14-8-12)10-3-5-11(13)6-4-10/h3-6,9,12,14H,7-8H2,1-2H3. The van der Waals surface area contributed by atoms with Gasteiger partial charge in [-0.2, -0.15) is 0 Å². The summed E-state index contributed by atoms with van der Waals surface area (Å²) in [4.78, 5) is 2.44. The first-order valence-electron chi connectivity index (χ1n) is 5.36. The summed E-state index contributed by atoms with van der Waals surface area (Å²) in [6, 6.07) is 9.79. The fraction of sp³-hybridized carbons (Fsp3) is 0.500. The molecule has 1 unspecified atom stereocenters. The topological polar surface area (TPSA) is 15.3 Å². The minimum Gasteiger partial charge on any atom is -0.314 e. The summed E-state index contributed by atoms with van der Waals surface area (Å²) in [6.45, 7) is 4.51. The molecule has 0 saturated carbocycles. The molecule has 1 aliphatic heterocycles. The number of hydrogen-bond donors (Lipinski definition) is 1. The fourth-order valence-electron chi connectivity index (χ4n) is 1.85. The van der Waals surface area contributed by atoms with Gasteiger partial charge < -0.3 is 5.32 Å². The van der Waals surface area contributed by atoms with Crippen LogP contribution in [-0.2, 0) is 0 Å². The predicted octanol–water partition coefficient (Wildman–Crippen LogP) is 2.41. The lowest BCUT2D eigenvalue weighted by molar-refractivity contribution is 0.136. The van der Waals surface area contributed by atoms with E-state index in [1.165, 1.54) is 5.56 Å². The van der Waals surface area contributed by atoms with Crippen LogP contribution in [0.1, 0.15) is 18.5 Å². The first-order valence-corrected chi connectivity index (χ1v) is 6.16. The number of nitrogens with zero attached hydrogens (tertiary/aromatic N) is 1. The fourth-order valence-corrected chi connectivity index (χ4v) is 2.12. The first-order chi connectivity index (χ1) is 7.18. The maximum atomic E-state index is 3.46. The van der Waals surface area contributed by atoms with E-state index >= 15 is 0 Å². The molecule has 1 N–H and O–H groups in total. The number of hydrogen-bond acceptors (Lipinski definition) is 2. The quantitative estimate of drug-likeness (QED) is 0.906. The SMILES string of the molecule is CC(c1ccc(Br)cc1)N(C)C1CNC1. The van der Waals surface area contributed by atoms with E-state index in [1.807, 2.05) is 0 Å². The summed E-state index contributed by atoms with van der Waals surface area (Å²) in [5, 5.41) is 3.31. The Morgan fingerprint density at radius 3 is 2.40 bits per heavy atom. The second-order valence-corrected chi connectivity index (χ2v) is 5.12. The first kappa shape index (κ1) is 11.1. The van der Waals surface area contributed by atoms with E-state index < -0.39 is 0 Å². The molecule has 0 aromatic heterocycles. The minimum atomic E-state index is 0.491. The van der Waals surface area contributed by atoms with Crippen molar-refractivity contribution in [2.24, 2.45) is 0 Å². The summed E-state index contributed by atoms with van der Waals surface area (Å²) in [7, 11) is 2.21. The van der Waals surface area contributed by atoms with Crippen LogP contribution in [0.3, 0.4) is 0 Å². The Kier molecular flexibility index (Phi) is 3.44. The van der Waals surface area contributed by atoms with E-state index in [2.05, 4.69) is 64.4 Å². The molecule has 1 atom stereocenters. The van der Waals surface area contributed by atoms with Crippen LogP contribution in [-0.4, -0.2) is 31.1 Å². The van der Waals surface area contributed by atoms with Gasteiger partial charge in [-0.05, 0) is 31.7 Å². The minimum absolute atomic E-state index is 0.491. The Balaban J connectivity index is 2.05. The van der Waals surface area contributed by atoms with Crippen LogP contribution in [0.2, 0.25) is 0 Å². The van der Waals surface area contributed by atoms with Crippen LogP contribution < -0.4 is 5.32 Å².